The minimum Gasteiger partial charge on any atom is -0.459 e. The summed E-state index contributed by atoms with van der Waals surface area (Å²) in [5.41, 5.74) is -0.00615. The summed E-state index contributed by atoms with van der Waals surface area (Å²) in [6.45, 7) is 10.7. The second-order valence-corrected chi connectivity index (χ2v) is 7.30. The highest BCUT2D eigenvalue weighted by molar-refractivity contribution is 5.73. The number of carbonyl (C=O) groups excluding carboxylic acids is 1. The van der Waals surface area contributed by atoms with E-state index in [-0.39, 0.29) is 22.9 Å². The molecule has 1 unspecified atom stereocenters. The van der Waals surface area contributed by atoms with Crippen molar-refractivity contribution in [1.29, 1.82) is 0 Å². The number of rotatable bonds is 4. The van der Waals surface area contributed by atoms with Crippen LogP contribution in [0.1, 0.15) is 79.6 Å². The van der Waals surface area contributed by atoms with Crippen molar-refractivity contribution in [3.63, 3.8) is 0 Å². The van der Waals surface area contributed by atoms with Gasteiger partial charge < -0.3 is 4.74 Å². The average molecular weight is 254 g/mol. The maximum absolute atomic E-state index is 12.3. The Balaban J connectivity index is 2.56. The molecule has 1 saturated carbocycles. The topological polar surface area (TPSA) is 26.3 Å². The molecule has 0 heterocycles. The molecule has 1 aliphatic carbocycles. The van der Waals surface area contributed by atoms with E-state index >= 15 is 0 Å². The first-order valence-corrected chi connectivity index (χ1v) is 7.49. The molecule has 0 N–H and O–H groups in total. The van der Waals surface area contributed by atoms with Crippen molar-refractivity contribution in [2.75, 3.05) is 0 Å². The largest absolute Gasteiger partial charge is 0.459 e. The molecular weight excluding hydrogens is 224 g/mol. The summed E-state index contributed by atoms with van der Waals surface area (Å²) in [5, 5.41) is 0. The Morgan fingerprint density at radius 1 is 1.22 bits per heavy atom. The molecule has 0 saturated heterocycles. The van der Waals surface area contributed by atoms with E-state index in [9.17, 15) is 4.79 Å². The first-order valence-electron chi connectivity index (χ1n) is 7.49. The van der Waals surface area contributed by atoms with E-state index in [1.54, 1.807) is 0 Å². The number of ether oxygens (including phenoxy) is 1. The van der Waals surface area contributed by atoms with E-state index in [1.807, 2.05) is 0 Å². The van der Waals surface area contributed by atoms with E-state index < -0.39 is 0 Å². The third-order valence-corrected chi connectivity index (χ3v) is 3.94. The minimum absolute atomic E-state index is 0.0248. The van der Waals surface area contributed by atoms with Gasteiger partial charge >= 0.3 is 5.97 Å². The highest BCUT2D eigenvalue weighted by atomic mass is 16.6. The zero-order valence-electron chi connectivity index (χ0n) is 12.8. The van der Waals surface area contributed by atoms with Crippen molar-refractivity contribution in [3.8, 4) is 0 Å². The molecule has 0 spiro atoms. The van der Waals surface area contributed by atoms with E-state index in [2.05, 4.69) is 34.6 Å². The smallest absolute Gasteiger partial charge is 0.309 e. The van der Waals surface area contributed by atoms with Crippen LogP contribution in [0.2, 0.25) is 0 Å². The maximum Gasteiger partial charge on any atom is 0.309 e. The quantitative estimate of drug-likeness (QED) is 0.679. The molecule has 1 rings (SSSR count). The monoisotopic (exact) mass is 254 g/mol. The molecular formula is C16H30O2. The van der Waals surface area contributed by atoms with Crippen LogP contribution in [0.15, 0.2) is 0 Å². The van der Waals surface area contributed by atoms with Gasteiger partial charge in [-0.1, -0.05) is 34.1 Å². The Morgan fingerprint density at radius 2 is 1.78 bits per heavy atom. The van der Waals surface area contributed by atoms with Crippen molar-refractivity contribution < 1.29 is 9.53 Å². The third-order valence-electron chi connectivity index (χ3n) is 3.94. The Labute approximate surface area is 112 Å². The van der Waals surface area contributed by atoms with Gasteiger partial charge in [0.05, 0.1) is 5.92 Å². The van der Waals surface area contributed by atoms with Gasteiger partial charge in [-0.05, 0) is 50.9 Å². The van der Waals surface area contributed by atoms with Crippen LogP contribution in [0.5, 0.6) is 0 Å². The highest BCUT2D eigenvalue weighted by Crippen LogP contribution is 2.34. The molecule has 1 aliphatic rings. The van der Waals surface area contributed by atoms with Gasteiger partial charge in [0.25, 0.3) is 0 Å². The molecule has 0 bridgehead atoms. The summed E-state index contributed by atoms with van der Waals surface area (Å²) in [7, 11) is 0. The Morgan fingerprint density at radius 3 is 2.22 bits per heavy atom. The van der Waals surface area contributed by atoms with Gasteiger partial charge in [0.2, 0.25) is 0 Å². The van der Waals surface area contributed by atoms with Gasteiger partial charge in [-0.3, -0.25) is 4.79 Å². The average Bonchev–Trinajstić information content (AvgIpc) is 2.25. The lowest BCUT2D eigenvalue weighted by molar-refractivity contribution is -0.167. The Kier molecular flexibility index (Phi) is 5.24. The molecule has 0 radical (unpaired) electrons. The zero-order chi connectivity index (χ0) is 13.8. The molecule has 18 heavy (non-hydrogen) atoms. The summed E-state index contributed by atoms with van der Waals surface area (Å²) >= 11 is 0. The predicted octanol–water partition coefficient (Wildman–Crippen LogP) is 4.71. The van der Waals surface area contributed by atoms with E-state index in [1.165, 1.54) is 19.3 Å². The maximum atomic E-state index is 12.3. The first-order chi connectivity index (χ1) is 8.26. The zero-order valence-corrected chi connectivity index (χ0v) is 12.8. The molecule has 106 valence electrons. The minimum atomic E-state index is -0.194. The standard InChI is InChI=1S/C16H30O2/c1-6-13(12-15(2,3)4)14(17)18-16(5)10-8-7-9-11-16/h13H,6-12H2,1-5H3. The fraction of sp³-hybridized carbons (Fsp3) is 0.938. The van der Waals surface area contributed by atoms with Crippen molar-refractivity contribution in [1.82, 2.24) is 0 Å². The summed E-state index contributed by atoms with van der Waals surface area (Å²) in [6.07, 6.45) is 7.53. The second kappa shape index (κ2) is 6.08. The second-order valence-electron chi connectivity index (χ2n) is 7.30. The lowest BCUT2D eigenvalue weighted by atomic mass is 9.83. The molecule has 0 aromatic heterocycles. The van der Waals surface area contributed by atoms with Gasteiger partial charge in [0.1, 0.15) is 5.60 Å². The first kappa shape index (κ1) is 15.5. The Bertz CT molecular complexity index is 269. The van der Waals surface area contributed by atoms with E-state index in [0.717, 1.165) is 25.7 Å². The fourth-order valence-corrected chi connectivity index (χ4v) is 2.86. The summed E-state index contributed by atoms with van der Waals surface area (Å²) in [5.74, 6) is 0.0839. The van der Waals surface area contributed by atoms with Crippen LogP contribution < -0.4 is 0 Å². The number of hydrogen-bond acceptors (Lipinski definition) is 2. The molecule has 0 aliphatic heterocycles. The highest BCUT2D eigenvalue weighted by Gasteiger charge is 2.34. The normalized spacial score (nSPS) is 21.4. The van der Waals surface area contributed by atoms with Crippen LogP contribution in [0, 0.1) is 11.3 Å². The third kappa shape index (κ3) is 4.99. The molecule has 1 atom stereocenters. The van der Waals surface area contributed by atoms with Crippen LogP contribution >= 0.6 is 0 Å². The number of hydrogen-bond donors (Lipinski definition) is 0. The summed E-state index contributed by atoms with van der Waals surface area (Å²) < 4.78 is 5.84. The molecule has 2 heteroatoms. The number of esters is 1. The van der Waals surface area contributed by atoms with Crippen LogP contribution in [-0.4, -0.2) is 11.6 Å². The van der Waals surface area contributed by atoms with Gasteiger partial charge in [-0.2, -0.15) is 0 Å². The lowest BCUT2D eigenvalue weighted by Gasteiger charge is -2.35. The fourth-order valence-electron chi connectivity index (χ4n) is 2.86. The lowest BCUT2D eigenvalue weighted by Crippen LogP contribution is -2.37. The SMILES string of the molecule is CCC(CC(C)(C)C)C(=O)OC1(C)CCCCC1. The predicted molar refractivity (Wildman–Crippen MR) is 75.4 cm³/mol. The molecule has 0 amide bonds. The van der Waals surface area contributed by atoms with Crippen molar-refractivity contribution in [2.24, 2.45) is 11.3 Å². The summed E-state index contributed by atoms with van der Waals surface area (Å²) in [4.78, 5) is 12.3. The van der Waals surface area contributed by atoms with Gasteiger partial charge in [0, 0.05) is 0 Å². The number of carbonyl (C=O) groups is 1. The van der Waals surface area contributed by atoms with Crippen LogP contribution in [0.4, 0.5) is 0 Å². The van der Waals surface area contributed by atoms with Crippen LogP contribution in [-0.2, 0) is 9.53 Å². The molecule has 1 fully saturated rings. The molecule has 2 nitrogen and oxygen atoms in total. The van der Waals surface area contributed by atoms with E-state index in [0.29, 0.717) is 0 Å². The van der Waals surface area contributed by atoms with Crippen molar-refractivity contribution >= 4 is 5.97 Å². The van der Waals surface area contributed by atoms with Crippen molar-refractivity contribution in [2.45, 2.75) is 85.2 Å². The molecule has 0 aromatic rings. The van der Waals surface area contributed by atoms with Crippen LogP contribution in [0.25, 0.3) is 0 Å². The summed E-state index contributed by atoms with van der Waals surface area (Å²) in [6, 6.07) is 0. The van der Waals surface area contributed by atoms with E-state index in [4.69, 9.17) is 4.74 Å². The van der Waals surface area contributed by atoms with Gasteiger partial charge in [-0.25, -0.2) is 0 Å². The van der Waals surface area contributed by atoms with Crippen molar-refractivity contribution in [3.05, 3.63) is 0 Å². The van der Waals surface area contributed by atoms with Gasteiger partial charge in [0.15, 0.2) is 0 Å². The van der Waals surface area contributed by atoms with Gasteiger partial charge in [-0.15, -0.1) is 0 Å². The molecule has 0 aromatic carbocycles. The van der Waals surface area contributed by atoms with Crippen LogP contribution in [0.3, 0.4) is 0 Å². The Hall–Kier alpha value is -0.530.